The quantitative estimate of drug-likeness (QED) is 0.693. The first-order chi connectivity index (χ1) is 10.2. The number of fused-ring (bicyclic) bond motifs is 1. The molecule has 3 aromatic rings. The molecule has 0 spiro atoms. The first-order valence-corrected chi connectivity index (χ1v) is 6.74. The number of carbonyl (C=O) groups is 1. The second kappa shape index (κ2) is 5.89. The molecule has 0 aliphatic heterocycles. The van der Waals surface area contributed by atoms with Gasteiger partial charge in [-0.2, -0.15) is 0 Å². The Morgan fingerprint density at radius 1 is 1.05 bits per heavy atom. The number of para-hydroxylation sites is 2. The van der Waals surface area contributed by atoms with Crippen LogP contribution in [0.4, 0.5) is 0 Å². The third-order valence-corrected chi connectivity index (χ3v) is 3.34. The number of carbonyl (C=O) groups excluding carboxylic acids is 1. The molecule has 0 N–H and O–H groups in total. The lowest BCUT2D eigenvalue weighted by Crippen LogP contribution is -2.08. The highest BCUT2D eigenvalue weighted by atomic mass is 35.5. The van der Waals surface area contributed by atoms with Crippen LogP contribution < -0.4 is 0 Å². The molecule has 21 heavy (non-hydrogen) atoms. The molecular formula is C16H11ClN2O2. The fraction of sp³-hybridized carbons (Fsp3) is 0.0625. The van der Waals surface area contributed by atoms with Crippen molar-refractivity contribution >= 4 is 28.6 Å². The second-order valence-corrected chi connectivity index (χ2v) is 4.82. The van der Waals surface area contributed by atoms with Crippen LogP contribution in [-0.2, 0) is 11.3 Å². The lowest BCUT2D eigenvalue weighted by molar-refractivity contribution is 0.0466. The van der Waals surface area contributed by atoms with E-state index >= 15 is 0 Å². The molecule has 0 saturated heterocycles. The molecule has 0 unspecified atom stereocenters. The highest BCUT2D eigenvalue weighted by molar-refractivity contribution is 6.31. The van der Waals surface area contributed by atoms with Crippen molar-refractivity contribution in [1.82, 2.24) is 9.97 Å². The van der Waals surface area contributed by atoms with Gasteiger partial charge in [-0.25, -0.2) is 9.78 Å². The Morgan fingerprint density at radius 2 is 1.76 bits per heavy atom. The van der Waals surface area contributed by atoms with Gasteiger partial charge in [0.25, 0.3) is 0 Å². The van der Waals surface area contributed by atoms with Gasteiger partial charge in [-0.3, -0.25) is 4.98 Å². The Balaban J connectivity index is 1.76. The van der Waals surface area contributed by atoms with E-state index in [1.165, 1.54) is 6.20 Å². The van der Waals surface area contributed by atoms with Crippen LogP contribution in [0.2, 0.25) is 5.02 Å². The molecule has 0 aliphatic rings. The van der Waals surface area contributed by atoms with Crippen molar-refractivity contribution in [1.29, 1.82) is 0 Å². The third kappa shape index (κ3) is 3.01. The Bertz CT molecular complexity index is 805. The summed E-state index contributed by atoms with van der Waals surface area (Å²) in [6.07, 6.45) is 1.41. The lowest BCUT2D eigenvalue weighted by atomic mass is 10.2. The van der Waals surface area contributed by atoms with Gasteiger partial charge in [0.1, 0.15) is 6.61 Å². The highest BCUT2D eigenvalue weighted by Gasteiger charge is 2.11. The minimum absolute atomic E-state index is 0.104. The molecular weight excluding hydrogens is 288 g/mol. The minimum atomic E-state index is -0.520. The van der Waals surface area contributed by atoms with E-state index in [-0.39, 0.29) is 12.3 Å². The molecule has 104 valence electrons. The lowest BCUT2D eigenvalue weighted by Gasteiger charge is -2.06. The molecule has 0 amide bonds. The molecule has 2 aromatic carbocycles. The summed E-state index contributed by atoms with van der Waals surface area (Å²) in [5.74, 6) is -0.520. The summed E-state index contributed by atoms with van der Waals surface area (Å²) in [4.78, 5) is 20.4. The summed E-state index contributed by atoms with van der Waals surface area (Å²) in [6, 6.07) is 14.6. The average Bonchev–Trinajstić information content (AvgIpc) is 2.53. The summed E-state index contributed by atoms with van der Waals surface area (Å²) >= 11 is 6.01. The number of benzene rings is 2. The van der Waals surface area contributed by atoms with Crippen molar-refractivity contribution in [2.45, 2.75) is 6.61 Å². The van der Waals surface area contributed by atoms with Gasteiger partial charge < -0.3 is 4.74 Å². The second-order valence-electron chi connectivity index (χ2n) is 4.41. The molecule has 3 rings (SSSR count). The van der Waals surface area contributed by atoms with Crippen molar-refractivity contribution in [3.8, 4) is 0 Å². The van der Waals surface area contributed by atoms with E-state index in [0.29, 0.717) is 10.5 Å². The molecule has 0 aliphatic carbocycles. The maximum atomic E-state index is 12.0. The normalized spacial score (nSPS) is 10.5. The number of hydrogen-bond acceptors (Lipinski definition) is 4. The fourth-order valence-electron chi connectivity index (χ4n) is 1.89. The summed E-state index contributed by atoms with van der Waals surface area (Å²) < 4.78 is 5.22. The monoisotopic (exact) mass is 298 g/mol. The molecule has 5 heteroatoms. The maximum absolute atomic E-state index is 12.0. The number of halogens is 1. The molecule has 0 radical (unpaired) electrons. The SMILES string of the molecule is O=C(OCc1ccccc1Cl)c1cnc2ccccc2n1. The van der Waals surface area contributed by atoms with Crippen LogP contribution in [0.3, 0.4) is 0 Å². The van der Waals surface area contributed by atoms with Crippen molar-refractivity contribution in [3.63, 3.8) is 0 Å². The predicted octanol–water partition coefficient (Wildman–Crippen LogP) is 3.64. The smallest absolute Gasteiger partial charge is 0.358 e. The predicted molar refractivity (Wildman–Crippen MR) is 80.1 cm³/mol. The summed E-state index contributed by atoms with van der Waals surface area (Å²) in [5, 5.41) is 0.565. The number of aromatic nitrogens is 2. The number of hydrogen-bond donors (Lipinski definition) is 0. The third-order valence-electron chi connectivity index (χ3n) is 2.97. The number of ether oxygens (including phenoxy) is 1. The van der Waals surface area contributed by atoms with Crippen LogP contribution in [0.5, 0.6) is 0 Å². The molecule has 1 heterocycles. The van der Waals surface area contributed by atoms with Gasteiger partial charge in [0, 0.05) is 10.6 Å². The van der Waals surface area contributed by atoms with Crippen LogP contribution in [-0.4, -0.2) is 15.9 Å². The van der Waals surface area contributed by atoms with Gasteiger partial charge >= 0.3 is 5.97 Å². The minimum Gasteiger partial charge on any atom is -0.456 e. The number of rotatable bonds is 3. The summed E-state index contributed by atoms with van der Waals surface area (Å²) in [6.45, 7) is 0.104. The van der Waals surface area contributed by atoms with Crippen LogP contribution >= 0.6 is 11.6 Å². The average molecular weight is 299 g/mol. The van der Waals surface area contributed by atoms with Crippen LogP contribution in [0.25, 0.3) is 11.0 Å². The maximum Gasteiger partial charge on any atom is 0.358 e. The fourth-order valence-corrected chi connectivity index (χ4v) is 2.08. The Labute approximate surface area is 126 Å². The zero-order valence-corrected chi connectivity index (χ0v) is 11.7. The van der Waals surface area contributed by atoms with Crippen LogP contribution in [0.15, 0.2) is 54.7 Å². The highest BCUT2D eigenvalue weighted by Crippen LogP contribution is 2.16. The Kier molecular flexibility index (Phi) is 3.79. The van der Waals surface area contributed by atoms with Gasteiger partial charge in [0.15, 0.2) is 5.69 Å². The van der Waals surface area contributed by atoms with Gasteiger partial charge in [-0.05, 0) is 18.2 Å². The molecule has 0 saturated carbocycles. The molecule has 4 nitrogen and oxygen atoms in total. The van der Waals surface area contributed by atoms with Crippen molar-refractivity contribution in [2.75, 3.05) is 0 Å². The topological polar surface area (TPSA) is 52.1 Å². The zero-order valence-electron chi connectivity index (χ0n) is 11.0. The van der Waals surface area contributed by atoms with E-state index in [1.54, 1.807) is 12.1 Å². The molecule has 0 bridgehead atoms. The summed E-state index contributed by atoms with van der Waals surface area (Å²) in [7, 11) is 0. The largest absolute Gasteiger partial charge is 0.456 e. The van der Waals surface area contributed by atoms with E-state index in [1.807, 2.05) is 36.4 Å². The van der Waals surface area contributed by atoms with Crippen LogP contribution in [0.1, 0.15) is 16.1 Å². The first kappa shape index (κ1) is 13.5. The van der Waals surface area contributed by atoms with Gasteiger partial charge in [0.05, 0.1) is 17.2 Å². The molecule has 0 atom stereocenters. The van der Waals surface area contributed by atoms with Crippen LogP contribution in [0, 0.1) is 0 Å². The van der Waals surface area contributed by atoms with Gasteiger partial charge in [0.2, 0.25) is 0 Å². The number of esters is 1. The van der Waals surface area contributed by atoms with E-state index in [0.717, 1.165) is 11.1 Å². The van der Waals surface area contributed by atoms with Gasteiger partial charge in [-0.1, -0.05) is 41.9 Å². The van der Waals surface area contributed by atoms with Crippen molar-refractivity contribution < 1.29 is 9.53 Å². The van der Waals surface area contributed by atoms with E-state index in [2.05, 4.69) is 9.97 Å². The standard InChI is InChI=1S/C16H11ClN2O2/c17-12-6-2-1-5-11(12)10-21-16(20)15-9-18-13-7-3-4-8-14(13)19-15/h1-9H,10H2. The Morgan fingerprint density at radius 3 is 2.57 bits per heavy atom. The summed E-state index contributed by atoms with van der Waals surface area (Å²) in [5.41, 5.74) is 2.33. The van der Waals surface area contributed by atoms with E-state index in [4.69, 9.17) is 16.3 Å². The molecule has 0 fully saturated rings. The van der Waals surface area contributed by atoms with Gasteiger partial charge in [-0.15, -0.1) is 0 Å². The van der Waals surface area contributed by atoms with E-state index < -0.39 is 5.97 Å². The number of nitrogens with zero attached hydrogens (tertiary/aromatic N) is 2. The van der Waals surface area contributed by atoms with Crippen molar-refractivity contribution in [3.05, 3.63) is 71.0 Å². The van der Waals surface area contributed by atoms with Crippen molar-refractivity contribution in [2.24, 2.45) is 0 Å². The molecule has 1 aromatic heterocycles. The van der Waals surface area contributed by atoms with E-state index in [9.17, 15) is 4.79 Å². The first-order valence-electron chi connectivity index (χ1n) is 6.36. The Hall–Kier alpha value is -2.46. The zero-order chi connectivity index (χ0) is 14.7.